The van der Waals surface area contributed by atoms with E-state index in [1.807, 2.05) is 0 Å². The molecule has 4 N–H and O–H groups in total. The molecule has 0 bridgehead atoms. The molecule has 2 heterocycles. The van der Waals surface area contributed by atoms with Crippen LogP contribution in [0.5, 0.6) is 0 Å². The molecule has 3 rings (SSSR count). The van der Waals surface area contributed by atoms with Gasteiger partial charge in [0.05, 0.1) is 27.2 Å². The Kier molecular flexibility index (Phi) is 5.58. The van der Waals surface area contributed by atoms with Gasteiger partial charge in [-0.2, -0.15) is 0 Å². The molecular formula is C19H20Cl2N4O2. The fourth-order valence-electron chi connectivity index (χ4n) is 3.27. The van der Waals surface area contributed by atoms with E-state index in [0.717, 1.165) is 0 Å². The van der Waals surface area contributed by atoms with Crippen molar-refractivity contribution in [3.05, 3.63) is 56.4 Å². The number of nitrogens with one attached hydrogen (secondary N) is 3. The highest BCUT2D eigenvalue weighted by Crippen LogP contribution is 2.26. The van der Waals surface area contributed by atoms with Crippen LogP contribution in [0.4, 0.5) is 0 Å². The number of aliphatic hydroxyl groups is 1. The first-order valence-corrected chi connectivity index (χ1v) is 9.32. The van der Waals surface area contributed by atoms with Crippen LogP contribution in [-0.4, -0.2) is 47.0 Å². The smallest absolute Gasteiger partial charge is 0.254 e. The van der Waals surface area contributed by atoms with Crippen molar-refractivity contribution in [2.24, 2.45) is 0 Å². The summed E-state index contributed by atoms with van der Waals surface area (Å²) in [6.45, 7) is 2.77. The summed E-state index contributed by atoms with van der Waals surface area (Å²) in [7, 11) is 0. The first kappa shape index (κ1) is 19.5. The van der Waals surface area contributed by atoms with Gasteiger partial charge in [0.1, 0.15) is 0 Å². The minimum absolute atomic E-state index is 0.116. The van der Waals surface area contributed by atoms with E-state index in [4.69, 9.17) is 34.0 Å². The van der Waals surface area contributed by atoms with Gasteiger partial charge >= 0.3 is 0 Å². The zero-order valence-corrected chi connectivity index (χ0v) is 16.3. The van der Waals surface area contributed by atoms with Crippen LogP contribution >= 0.6 is 23.2 Å². The molecular weight excluding hydrogens is 387 g/mol. The Labute approximate surface area is 167 Å². The van der Waals surface area contributed by atoms with Crippen molar-refractivity contribution in [3.63, 3.8) is 0 Å². The average Bonchev–Trinajstić information content (AvgIpc) is 2.64. The Bertz CT molecular complexity index is 901. The Morgan fingerprint density at radius 2 is 1.96 bits per heavy atom. The molecule has 0 atom stereocenters. The second-order valence-electron chi connectivity index (χ2n) is 6.55. The average molecular weight is 407 g/mol. The van der Waals surface area contributed by atoms with Crippen LogP contribution in [-0.2, 0) is 0 Å². The molecule has 2 saturated heterocycles. The monoisotopic (exact) mass is 406 g/mol. The maximum Gasteiger partial charge on any atom is 0.254 e. The number of aliphatic hydroxyl groups excluding tert-OH is 1. The molecule has 2 aliphatic rings. The number of piperidine rings is 2. The van der Waals surface area contributed by atoms with Gasteiger partial charge in [-0.15, -0.1) is 0 Å². The van der Waals surface area contributed by atoms with E-state index in [-0.39, 0.29) is 23.9 Å². The number of nitrogens with zero attached hydrogens (tertiary/aromatic N) is 1. The lowest BCUT2D eigenvalue weighted by Crippen LogP contribution is -2.43. The number of rotatable bonds is 1. The summed E-state index contributed by atoms with van der Waals surface area (Å²) in [5.41, 5.74) is 2.71. The molecule has 0 radical (unpaired) electrons. The summed E-state index contributed by atoms with van der Waals surface area (Å²) < 4.78 is 0. The third kappa shape index (κ3) is 3.87. The van der Waals surface area contributed by atoms with Gasteiger partial charge in [-0.25, -0.2) is 0 Å². The van der Waals surface area contributed by atoms with Crippen LogP contribution < -0.4 is 5.32 Å². The van der Waals surface area contributed by atoms with Gasteiger partial charge in [-0.05, 0) is 31.5 Å². The van der Waals surface area contributed by atoms with E-state index >= 15 is 0 Å². The van der Waals surface area contributed by atoms with E-state index in [1.54, 1.807) is 24.0 Å². The van der Waals surface area contributed by atoms with Gasteiger partial charge in [-0.1, -0.05) is 23.2 Å². The van der Waals surface area contributed by atoms with Gasteiger partial charge < -0.3 is 20.7 Å². The van der Waals surface area contributed by atoms with Crippen molar-refractivity contribution < 1.29 is 9.90 Å². The highest BCUT2D eigenvalue weighted by atomic mass is 35.5. The molecule has 2 fully saturated rings. The standard InChI is InChI=1S/C19H20Cl2N4O2/c1-10(26)12-4-6-24-18(17(12)23)13-9-25(7-5-16(13)22)19(27)11-2-3-14(20)15(21)8-11/h2-3,8,22-24,26H,4-7,9H2,1H3/b12-10-,18-13-,22-16?,23-17?. The van der Waals surface area contributed by atoms with Crippen molar-refractivity contribution in [1.29, 1.82) is 10.8 Å². The van der Waals surface area contributed by atoms with Crippen LogP contribution in [0.1, 0.15) is 30.1 Å². The van der Waals surface area contributed by atoms with Crippen LogP contribution in [0.3, 0.4) is 0 Å². The van der Waals surface area contributed by atoms with Crippen molar-refractivity contribution in [2.75, 3.05) is 19.6 Å². The van der Waals surface area contributed by atoms with Gasteiger partial charge in [0, 0.05) is 48.5 Å². The van der Waals surface area contributed by atoms with Crippen LogP contribution in [0.25, 0.3) is 0 Å². The van der Waals surface area contributed by atoms with Gasteiger partial charge in [0.15, 0.2) is 0 Å². The molecule has 0 unspecified atom stereocenters. The highest BCUT2D eigenvalue weighted by Gasteiger charge is 2.30. The Hall–Kier alpha value is -2.31. The topological polar surface area (TPSA) is 100 Å². The molecule has 0 aromatic heterocycles. The maximum atomic E-state index is 12.9. The minimum Gasteiger partial charge on any atom is -0.512 e. The third-order valence-electron chi connectivity index (χ3n) is 4.77. The van der Waals surface area contributed by atoms with Gasteiger partial charge in [0.2, 0.25) is 0 Å². The SMILES string of the molecule is C/C(O)=C1\CCN/C(=C2/CN(C(=O)c3ccc(Cl)c(Cl)c3)CCC2=N)C1=N. The minimum atomic E-state index is -0.199. The molecule has 8 heteroatoms. The lowest BCUT2D eigenvalue weighted by Gasteiger charge is -2.33. The summed E-state index contributed by atoms with van der Waals surface area (Å²) in [5.74, 6) is -0.0821. The lowest BCUT2D eigenvalue weighted by atomic mass is 9.91. The summed E-state index contributed by atoms with van der Waals surface area (Å²) in [5, 5.41) is 30.3. The predicted molar refractivity (Wildman–Crippen MR) is 107 cm³/mol. The fraction of sp³-hybridized carbons (Fsp3) is 0.316. The zero-order valence-electron chi connectivity index (χ0n) is 14.8. The number of hydrogen-bond acceptors (Lipinski definition) is 5. The summed E-state index contributed by atoms with van der Waals surface area (Å²) in [4.78, 5) is 14.5. The van der Waals surface area contributed by atoms with E-state index in [1.165, 1.54) is 6.07 Å². The summed E-state index contributed by atoms with van der Waals surface area (Å²) >= 11 is 11.9. The number of likely N-dealkylation sites (tertiary alicyclic amines) is 1. The molecule has 142 valence electrons. The zero-order chi connectivity index (χ0) is 19.7. The van der Waals surface area contributed by atoms with Gasteiger partial charge in [-0.3, -0.25) is 10.2 Å². The first-order chi connectivity index (χ1) is 12.8. The molecule has 2 aliphatic heterocycles. The van der Waals surface area contributed by atoms with E-state index in [0.29, 0.717) is 64.1 Å². The van der Waals surface area contributed by atoms with E-state index in [2.05, 4.69) is 5.32 Å². The Balaban J connectivity index is 1.91. The molecule has 1 aromatic carbocycles. The van der Waals surface area contributed by atoms with Crippen LogP contribution in [0, 0.1) is 10.8 Å². The number of carbonyl (C=O) groups is 1. The number of amides is 1. The van der Waals surface area contributed by atoms with Crippen molar-refractivity contribution in [2.45, 2.75) is 19.8 Å². The molecule has 27 heavy (non-hydrogen) atoms. The second kappa shape index (κ2) is 7.74. The third-order valence-corrected chi connectivity index (χ3v) is 5.50. The number of hydrogen-bond donors (Lipinski definition) is 4. The number of allylic oxidation sites excluding steroid dienone is 2. The molecule has 6 nitrogen and oxygen atoms in total. The Morgan fingerprint density at radius 3 is 2.63 bits per heavy atom. The highest BCUT2D eigenvalue weighted by molar-refractivity contribution is 6.42. The fourth-order valence-corrected chi connectivity index (χ4v) is 3.57. The molecule has 0 aliphatic carbocycles. The van der Waals surface area contributed by atoms with Crippen molar-refractivity contribution >= 4 is 40.5 Å². The maximum absolute atomic E-state index is 12.9. The van der Waals surface area contributed by atoms with Crippen molar-refractivity contribution in [3.8, 4) is 0 Å². The predicted octanol–water partition coefficient (Wildman–Crippen LogP) is 3.96. The number of halogens is 2. The van der Waals surface area contributed by atoms with E-state index in [9.17, 15) is 9.90 Å². The van der Waals surface area contributed by atoms with Crippen molar-refractivity contribution in [1.82, 2.24) is 10.2 Å². The van der Waals surface area contributed by atoms with Gasteiger partial charge in [0.25, 0.3) is 5.91 Å². The van der Waals surface area contributed by atoms with Crippen LogP contribution in [0.15, 0.2) is 40.8 Å². The normalized spacial score (nSPS) is 22.6. The largest absolute Gasteiger partial charge is 0.512 e. The quantitative estimate of drug-likeness (QED) is 0.530. The van der Waals surface area contributed by atoms with Crippen LogP contribution in [0.2, 0.25) is 10.0 Å². The Morgan fingerprint density at radius 1 is 1.22 bits per heavy atom. The molecule has 1 aromatic rings. The molecule has 0 spiro atoms. The summed E-state index contributed by atoms with van der Waals surface area (Å²) in [6.07, 6.45) is 0.954. The lowest BCUT2D eigenvalue weighted by molar-refractivity contribution is 0.0769. The summed E-state index contributed by atoms with van der Waals surface area (Å²) in [6, 6.07) is 4.75. The number of carbonyl (C=O) groups excluding carboxylic acids is 1. The first-order valence-electron chi connectivity index (χ1n) is 8.56. The number of benzene rings is 1. The molecule has 0 saturated carbocycles. The van der Waals surface area contributed by atoms with E-state index < -0.39 is 0 Å². The molecule has 1 amide bonds. The second-order valence-corrected chi connectivity index (χ2v) is 7.37.